The van der Waals surface area contributed by atoms with Crippen LogP contribution in [0.2, 0.25) is 10.0 Å². The van der Waals surface area contributed by atoms with Crippen molar-refractivity contribution in [1.82, 2.24) is 20.1 Å². The lowest BCUT2D eigenvalue weighted by atomic mass is 10.3. The molecule has 0 unspecified atom stereocenters. The predicted molar refractivity (Wildman–Crippen MR) is 86.6 cm³/mol. The van der Waals surface area contributed by atoms with Gasteiger partial charge in [0.1, 0.15) is 0 Å². The second kappa shape index (κ2) is 7.40. The fourth-order valence-corrected chi connectivity index (χ4v) is 2.07. The number of benzene rings is 1. The molecule has 0 amide bonds. The lowest BCUT2D eigenvalue weighted by Crippen LogP contribution is -2.21. The first-order chi connectivity index (χ1) is 10.1. The second-order valence-electron chi connectivity index (χ2n) is 4.62. The van der Waals surface area contributed by atoms with Crippen LogP contribution in [-0.4, -0.2) is 47.3 Å². The van der Waals surface area contributed by atoms with E-state index >= 15 is 0 Å². The Bertz CT molecular complexity index is 585. The molecule has 0 saturated carbocycles. The van der Waals surface area contributed by atoms with Gasteiger partial charge in [-0.05, 0) is 26.2 Å². The van der Waals surface area contributed by atoms with Gasteiger partial charge in [-0.3, -0.25) is 0 Å². The van der Waals surface area contributed by atoms with Crippen molar-refractivity contribution < 1.29 is 0 Å². The molecule has 0 spiro atoms. The van der Waals surface area contributed by atoms with Gasteiger partial charge in [0.15, 0.2) is 5.82 Å². The molecule has 0 aliphatic heterocycles. The van der Waals surface area contributed by atoms with Gasteiger partial charge in [-0.2, -0.15) is 10.1 Å². The standard InChI is InChI=1S/C13H16Cl2N6/c1-21(2)7-6-16-11-8-17-20-13(18-11)19-12-9(14)4-3-5-10(12)15/h3-5,8H,6-7H2,1-2H3,(H2,16,18,19,20). The molecule has 8 heteroatoms. The lowest BCUT2D eigenvalue weighted by Gasteiger charge is -2.12. The molecule has 6 nitrogen and oxygen atoms in total. The minimum absolute atomic E-state index is 0.333. The van der Waals surface area contributed by atoms with Gasteiger partial charge in [0.05, 0.1) is 21.9 Å². The van der Waals surface area contributed by atoms with E-state index < -0.39 is 0 Å². The van der Waals surface area contributed by atoms with Gasteiger partial charge in [-0.15, -0.1) is 5.10 Å². The Morgan fingerprint density at radius 2 is 1.90 bits per heavy atom. The number of halogens is 2. The van der Waals surface area contributed by atoms with Gasteiger partial charge < -0.3 is 15.5 Å². The van der Waals surface area contributed by atoms with E-state index in [2.05, 4.69) is 30.7 Å². The highest BCUT2D eigenvalue weighted by atomic mass is 35.5. The molecular formula is C13H16Cl2N6. The van der Waals surface area contributed by atoms with Crippen LogP contribution in [0, 0.1) is 0 Å². The monoisotopic (exact) mass is 326 g/mol. The van der Waals surface area contributed by atoms with Crippen molar-refractivity contribution >= 4 is 40.7 Å². The summed E-state index contributed by atoms with van der Waals surface area (Å²) >= 11 is 12.2. The third kappa shape index (κ3) is 4.70. The van der Waals surface area contributed by atoms with Crippen LogP contribution in [0.4, 0.5) is 17.5 Å². The maximum absolute atomic E-state index is 6.09. The molecule has 1 heterocycles. The highest BCUT2D eigenvalue weighted by molar-refractivity contribution is 6.39. The zero-order valence-electron chi connectivity index (χ0n) is 11.8. The van der Waals surface area contributed by atoms with E-state index in [-0.39, 0.29) is 0 Å². The molecule has 0 radical (unpaired) electrons. The van der Waals surface area contributed by atoms with E-state index in [1.807, 2.05) is 14.1 Å². The molecule has 0 atom stereocenters. The van der Waals surface area contributed by atoms with Gasteiger partial charge in [-0.25, -0.2) is 0 Å². The normalized spacial score (nSPS) is 10.7. The highest BCUT2D eigenvalue weighted by Crippen LogP contribution is 2.31. The van der Waals surface area contributed by atoms with Crippen LogP contribution in [0.1, 0.15) is 0 Å². The van der Waals surface area contributed by atoms with E-state index in [1.165, 1.54) is 0 Å². The minimum atomic E-state index is 0.333. The summed E-state index contributed by atoms with van der Waals surface area (Å²) in [5.41, 5.74) is 0.563. The topological polar surface area (TPSA) is 66.0 Å². The van der Waals surface area contributed by atoms with Crippen LogP contribution < -0.4 is 10.6 Å². The van der Waals surface area contributed by atoms with Crippen molar-refractivity contribution in [2.24, 2.45) is 0 Å². The molecule has 1 aromatic carbocycles. The molecule has 0 bridgehead atoms. The number of anilines is 3. The second-order valence-corrected chi connectivity index (χ2v) is 5.43. The fraction of sp³-hybridized carbons (Fsp3) is 0.308. The summed E-state index contributed by atoms with van der Waals surface area (Å²) in [7, 11) is 4.01. The summed E-state index contributed by atoms with van der Waals surface area (Å²) in [6.45, 7) is 1.65. The fourth-order valence-electron chi connectivity index (χ4n) is 1.58. The summed E-state index contributed by atoms with van der Waals surface area (Å²) in [4.78, 5) is 6.39. The van der Waals surface area contributed by atoms with Crippen LogP contribution >= 0.6 is 23.2 Å². The van der Waals surface area contributed by atoms with E-state index in [0.717, 1.165) is 13.1 Å². The molecule has 112 valence electrons. The molecule has 0 fully saturated rings. The van der Waals surface area contributed by atoms with Crippen LogP contribution in [0.15, 0.2) is 24.4 Å². The number of nitrogens with zero attached hydrogens (tertiary/aromatic N) is 4. The molecule has 1 aromatic heterocycles. The van der Waals surface area contributed by atoms with Crippen molar-refractivity contribution in [1.29, 1.82) is 0 Å². The average Bonchev–Trinajstić information content (AvgIpc) is 2.43. The van der Waals surface area contributed by atoms with Gasteiger partial charge in [0.2, 0.25) is 5.95 Å². The smallest absolute Gasteiger partial charge is 0.249 e. The number of rotatable bonds is 6. The van der Waals surface area contributed by atoms with Gasteiger partial charge in [-0.1, -0.05) is 29.3 Å². The number of nitrogens with one attached hydrogen (secondary N) is 2. The van der Waals surface area contributed by atoms with Gasteiger partial charge in [0.25, 0.3) is 0 Å². The van der Waals surface area contributed by atoms with E-state index in [1.54, 1.807) is 24.4 Å². The van der Waals surface area contributed by atoms with E-state index in [4.69, 9.17) is 23.2 Å². The Balaban J connectivity index is 2.07. The SMILES string of the molecule is CN(C)CCNc1cnnc(Nc2c(Cl)cccc2Cl)n1. The maximum atomic E-state index is 6.09. The predicted octanol–water partition coefficient (Wildman–Crippen LogP) is 2.90. The summed E-state index contributed by atoms with van der Waals surface area (Å²) in [6, 6.07) is 5.25. The Kier molecular flexibility index (Phi) is 5.55. The van der Waals surface area contributed by atoms with Crippen molar-refractivity contribution in [2.45, 2.75) is 0 Å². The third-order valence-electron chi connectivity index (χ3n) is 2.62. The van der Waals surface area contributed by atoms with Crippen molar-refractivity contribution in [3.8, 4) is 0 Å². The number of hydrogen-bond donors (Lipinski definition) is 2. The maximum Gasteiger partial charge on any atom is 0.249 e. The number of aromatic nitrogens is 3. The molecular weight excluding hydrogens is 311 g/mol. The Hall–Kier alpha value is -1.63. The molecule has 0 aliphatic rings. The Morgan fingerprint density at radius 3 is 2.57 bits per heavy atom. The van der Waals surface area contributed by atoms with Crippen molar-refractivity contribution in [3.63, 3.8) is 0 Å². The lowest BCUT2D eigenvalue weighted by molar-refractivity contribution is 0.425. The van der Waals surface area contributed by atoms with E-state index in [9.17, 15) is 0 Å². The van der Waals surface area contributed by atoms with Crippen LogP contribution in [0.3, 0.4) is 0 Å². The molecule has 0 saturated heterocycles. The molecule has 0 aliphatic carbocycles. The molecule has 2 rings (SSSR count). The van der Waals surface area contributed by atoms with Gasteiger partial charge >= 0.3 is 0 Å². The number of para-hydroxylation sites is 1. The largest absolute Gasteiger partial charge is 0.367 e. The summed E-state index contributed by atoms with van der Waals surface area (Å²) < 4.78 is 0. The zero-order chi connectivity index (χ0) is 15.2. The first-order valence-corrected chi connectivity index (χ1v) is 7.11. The molecule has 21 heavy (non-hydrogen) atoms. The first-order valence-electron chi connectivity index (χ1n) is 6.35. The Morgan fingerprint density at radius 1 is 1.19 bits per heavy atom. The number of hydrogen-bond acceptors (Lipinski definition) is 6. The summed E-state index contributed by atoms with van der Waals surface area (Å²) in [5.74, 6) is 0.970. The van der Waals surface area contributed by atoms with Crippen molar-refractivity contribution in [2.75, 3.05) is 37.8 Å². The van der Waals surface area contributed by atoms with Gasteiger partial charge in [0, 0.05) is 13.1 Å². The van der Waals surface area contributed by atoms with Crippen molar-refractivity contribution in [3.05, 3.63) is 34.4 Å². The third-order valence-corrected chi connectivity index (χ3v) is 3.25. The van der Waals surface area contributed by atoms with E-state index in [0.29, 0.717) is 27.5 Å². The summed E-state index contributed by atoms with van der Waals surface area (Å²) in [5, 5.41) is 15.0. The Labute approximate surface area is 133 Å². The van der Waals surface area contributed by atoms with Crippen LogP contribution in [0.25, 0.3) is 0 Å². The highest BCUT2D eigenvalue weighted by Gasteiger charge is 2.08. The van der Waals surface area contributed by atoms with Crippen LogP contribution in [0.5, 0.6) is 0 Å². The minimum Gasteiger partial charge on any atom is -0.367 e. The molecule has 2 aromatic rings. The van der Waals surface area contributed by atoms with Crippen LogP contribution in [-0.2, 0) is 0 Å². The first kappa shape index (κ1) is 15.8. The quantitative estimate of drug-likeness (QED) is 0.850. The number of likely N-dealkylation sites (N-methyl/N-ethyl adjacent to an activating group) is 1. The zero-order valence-corrected chi connectivity index (χ0v) is 13.3. The molecule has 2 N–H and O–H groups in total. The summed E-state index contributed by atoms with van der Waals surface area (Å²) in [6.07, 6.45) is 1.56. The average molecular weight is 327 g/mol.